The van der Waals surface area contributed by atoms with Gasteiger partial charge in [0.15, 0.2) is 0 Å². The lowest BCUT2D eigenvalue weighted by molar-refractivity contribution is -0.105. The fraction of sp³-hybridized carbons (Fsp3) is 0.571. The number of likely N-dealkylation sites (N-methyl/N-ethyl adjacent to an activating group) is 1. The number of carbonyl (C=O) groups is 1. The fourth-order valence-corrected chi connectivity index (χ4v) is 0.709. The molecule has 10 heavy (non-hydrogen) atoms. The summed E-state index contributed by atoms with van der Waals surface area (Å²) in [4.78, 5) is 12.5. The molecule has 0 aromatic rings. The van der Waals surface area contributed by atoms with Crippen molar-refractivity contribution in [3.8, 4) is 0 Å². The highest BCUT2D eigenvalue weighted by molar-refractivity contribution is 14.1. The second-order valence-electron chi connectivity index (χ2n) is 2.06. The number of allylic oxidation sites excluding steroid dienone is 1. The van der Waals surface area contributed by atoms with Crippen molar-refractivity contribution in [2.75, 3.05) is 20.1 Å². The molecule has 0 fully saturated rings. The van der Waals surface area contributed by atoms with Crippen LogP contribution in [0.15, 0.2) is 12.2 Å². The van der Waals surface area contributed by atoms with Crippen molar-refractivity contribution in [2.45, 2.75) is 6.92 Å². The highest BCUT2D eigenvalue weighted by Gasteiger charge is 1.88. The van der Waals surface area contributed by atoms with Crippen molar-refractivity contribution in [1.82, 2.24) is 4.90 Å². The lowest BCUT2D eigenvalue weighted by Crippen LogP contribution is -2.16. The van der Waals surface area contributed by atoms with Gasteiger partial charge >= 0.3 is 0 Å². The van der Waals surface area contributed by atoms with Crippen molar-refractivity contribution in [3.63, 3.8) is 0 Å². The lowest BCUT2D eigenvalue weighted by Gasteiger charge is -2.08. The molecule has 0 rings (SSSR count). The molecule has 0 aromatic heterocycles. The SMILES string of the molecule is CCN(C)C/C=C/C(=O)I. The monoisotopic (exact) mass is 253 g/mol. The maximum Gasteiger partial charge on any atom is 0.214 e. The van der Waals surface area contributed by atoms with Crippen molar-refractivity contribution < 1.29 is 4.79 Å². The second-order valence-corrected chi connectivity index (χ2v) is 3.12. The smallest absolute Gasteiger partial charge is 0.214 e. The number of hydrogen-bond donors (Lipinski definition) is 0. The first-order valence-electron chi connectivity index (χ1n) is 3.21. The van der Waals surface area contributed by atoms with Crippen LogP contribution in [-0.2, 0) is 4.79 Å². The quantitative estimate of drug-likeness (QED) is 0.429. The third-order valence-electron chi connectivity index (χ3n) is 1.21. The van der Waals surface area contributed by atoms with Gasteiger partial charge in [-0.15, -0.1) is 0 Å². The van der Waals surface area contributed by atoms with E-state index in [1.54, 1.807) is 28.7 Å². The van der Waals surface area contributed by atoms with E-state index in [1.807, 2.05) is 13.1 Å². The molecular formula is C7H12INO. The lowest BCUT2D eigenvalue weighted by atomic mass is 10.5. The summed E-state index contributed by atoms with van der Waals surface area (Å²) in [5.74, 6) is 0. The van der Waals surface area contributed by atoms with Crippen molar-refractivity contribution >= 4 is 26.4 Å². The summed E-state index contributed by atoms with van der Waals surface area (Å²) in [5, 5.41) is 0. The van der Waals surface area contributed by atoms with Crippen LogP contribution in [0.25, 0.3) is 0 Å². The Kier molecular flexibility index (Phi) is 5.91. The molecular weight excluding hydrogens is 241 g/mol. The zero-order valence-electron chi connectivity index (χ0n) is 6.30. The molecule has 58 valence electrons. The summed E-state index contributed by atoms with van der Waals surface area (Å²) in [6.45, 7) is 3.95. The van der Waals surface area contributed by atoms with Gasteiger partial charge in [-0.2, -0.15) is 0 Å². The van der Waals surface area contributed by atoms with Crippen molar-refractivity contribution in [2.24, 2.45) is 0 Å². The van der Waals surface area contributed by atoms with Gasteiger partial charge in [-0.05, 0) is 19.7 Å². The Morgan fingerprint density at radius 1 is 1.70 bits per heavy atom. The van der Waals surface area contributed by atoms with E-state index < -0.39 is 0 Å². The van der Waals surface area contributed by atoms with Crippen LogP contribution in [0.3, 0.4) is 0 Å². The minimum absolute atomic E-state index is 0.0853. The highest BCUT2D eigenvalue weighted by atomic mass is 127. The minimum Gasteiger partial charge on any atom is -0.303 e. The van der Waals surface area contributed by atoms with Gasteiger partial charge in [0.25, 0.3) is 0 Å². The van der Waals surface area contributed by atoms with Gasteiger partial charge in [0.2, 0.25) is 3.79 Å². The first-order valence-corrected chi connectivity index (χ1v) is 4.29. The Labute approximate surface area is 75.4 Å². The van der Waals surface area contributed by atoms with E-state index in [1.165, 1.54) is 0 Å². The van der Waals surface area contributed by atoms with Crippen LogP contribution in [0.5, 0.6) is 0 Å². The molecule has 0 bridgehead atoms. The molecule has 0 aliphatic rings. The van der Waals surface area contributed by atoms with Crippen LogP contribution in [0.4, 0.5) is 0 Å². The molecule has 0 saturated heterocycles. The third-order valence-corrected chi connectivity index (χ3v) is 1.57. The molecule has 2 nitrogen and oxygen atoms in total. The third kappa shape index (κ3) is 6.22. The maximum atomic E-state index is 10.4. The zero-order chi connectivity index (χ0) is 7.98. The van der Waals surface area contributed by atoms with Gasteiger partial charge in [-0.25, -0.2) is 0 Å². The first-order chi connectivity index (χ1) is 4.66. The Bertz CT molecular complexity index is 134. The molecule has 0 aliphatic heterocycles. The van der Waals surface area contributed by atoms with Gasteiger partial charge in [0.1, 0.15) is 0 Å². The zero-order valence-corrected chi connectivity index (χ0v) is 8.46. The molecule has 3 heteroatoms. The average molecular weight is 253 g/mol. The Hall–Kier alpha value is 0.1000. The highest BCUT2D eigenvalue weighted by Crippen LogP contribution is 1.88. The Balaban J connectivity index is 3.43. The van der Waals surface area contributed by atoms with Crippen LogP contribution in [0.2, 0.25) is 0 Å². The fourth-order valence-electron chi connectivity index (χ4n) is 0.454. The molecule has 0 amide bonds. The Morgan fingerprint density at radius 3 is 2.70 bits per heavy atom. The first kappa shape index (κ1) is 10.1. The second kappa shape index (κ2) is 5.85. The van der Waals surface area contributed by atoms with Crippen LogP contribution in [0.1, 0.15) is 6.92 Å². The molecule has 0 saturated carbocycles. The molecule has 0 spiro atoms. The van der Waals surface area contributed by atoms with Crippen molar-refractivity contribution in [3.05, 3.63) is 12.2 Å². The summed E-state index contributed by atoms with van der Waals surface area (Å²) < 4.78 is 0.0853. The molecule has 0 unspecified atom stereocenters. The van der Waals surface area contributed by atoms with Crippen molar-refractivity contribution in [1.29, 1.82) is 0 Å². The summed E-state index contributed by atoms with van der Waals surface area (Å²) in [7, 11) is 2.02. The topological polar surface area (TPSA) is 20.3 Å². The molecule has 0 aliphatic carbocycles. The van der Waals surface area contributed by atoms with E-state index in [9.17, 15) is 4.79 Å². The van der Waals surface area contributed by atoms with E-state index in [2.05, 4.69) is 11.8 Å². The van der Waals surface area contributed by atoms with E-state index >= 15 is 0 Å². The Morgan fingerprint density at radius 2 is 2.30 bits per heavy atom. The van der Waals surface area contributed by atoms with E-state index in [4.69, 9.17) is 0 Å². The van der Waals surface area contributed by atoms with E-state index in [0.717, 1.165) is 13.1 Å². The summed E-state index contributed by atoms with van der Waals surface area (Å²) in [5.41, 5.74) is 0. The number of carbonyl (C=O) groups excluding carboxylic acids is 1. The van der Waals surface area contributed by atoms with Gasteiger partial charge in [0.05, 0.1) is 0 Å². The standard InChI is InChI=1S/C7H12INO/c1-3-9(2)6-4-5-7(8)10/h4-5H,3,6H2,1-2H3/b5-4+. The molecule has 0 heterocycles. The summed E-state index contributed by atoms with van der Waals surface area (Å²) >= 11 is 1.76. The summed E-state index contributed by atoms with van der Waals surface area (Å²) in [6, 6.07) is 0. The predicted octanol–water partition coefficient (Wildman–Crippen LogP) is 1.46. The van der Waals surface area contributed by atoms with Crippen LogP contribution >= 0.6 is 22.6 Å². The van der Waals surface area contributed by atoms with Gasteiger partial charge in [-0.3, -0.25) is 4.79 Å². The van der Waals surface area contributed by atoms with Crippen LogP contribution in [0, 0.1) is 0 Å². The number of rotatable bonds is 4. The molecule has 0 radical (unpaired) electrons. The molecule has 0 atom stereocenters. The van der Waals surface area contributed by atoms with E-state index in [-0.39, 0.29) is 3.79 Å². The molecule has 0 aromatic carbocycles. The molecule has 0 N–H and O–H groups in total. The van der Waals surface area contributed by atoms with Crippen LogP contribution in [-0.4, -0.2) is 28.8 Å². The van der Waals surface area contributed by atoms with Gasteiger partial charge in [-0.1, -0.05) is 13.0 Å². The van der Waals surface area contributed by atoms with E-state index in [0.29, 0.717) is 0 Å². The minimum atomic E-state index is 0.0853. The summed E-state index contributed by atoms with van der Waals surface area (Å²) in [6.07, 6.45) is 3.46. The van der Waals surface area contributed by atoms with Crippen LogP contribution < -0.4 is 0 Å². The van der Waals surface area contributed by atoms with Gasteiger partial charge < -0.3 is 4.90 Å². The normalized spacial score (nSPS) is 11.2. The average Bonchev–Trinajstić information content (AvgIpc) is 1.87. The number of nitrogens with zero attached hydrogens (tertiary/aromatic N) is 1. The largest absolute Gasteiger partial charge is 0.303 e. The predicted molar refractivity (Wildman–Crippen MR) is 51.3 cm³/mol. The number of hydrogen-bond acceptors (Lipinski definition) is 2. The maximum absolute atomic E-state index is 10.4. The van der Waals surface area contributed by atoms with Gasteiger partial charge in [0, 0.05) is 29.1 Å². The number of halogens is 1.